The van der Waals surface area contributed by atoms with E-state index in [9.17, 15) is 0 Å². The van der Waals surface area contributed by atoms with Crippen molar-refractivity contribution in [2.24, 2.45) is 28.9 Å². The summed E-state index contributed by atoms with van der Waals surface area (Å²) in [7, 11) is 0. The topological polar surface area (TPSA) is 26.0 Å². The van der Waals surface area contributed by atoms with Crippen LogP contribution in [0.3, 0.4) is 0 Å². The van der Waals surface area contributed by atoms with Crippen molar-refractivity contribution in [2.75, 3.05) is 0 Å². The molecule has 0 spiro atoms. The number of hydrogen-bond donors (Lipinski definition) is 1. The predicted octanol–water partition coefficient (Wildman–Crippen LogP) is 7.92. The second-order valence-corrected chi connectivity index (χ2v) is 10.9. The van der Waals surface area contributed by atoms with Gasteiger partial charge in [-0.05, 0) is 105 Å². The van der Waals surface area contributed by atoms with E-state index in [1.807, 2.05) is 13.8 Å². The molecule has 1 aromatic carbocycles. The average molecular weight is 420 g/mol. The van der Waals surface area contributed by atoms with Gasteiger partial charge in [-0.1, -0.05) is 74.7 Å². The van der Waals surface area contributed by atoms with Crippen LogP contribution in [0.4, 0.5) is 0 Å². The normalized spacial score (nSPS) is 36.2. The minimum Gasteiger partial charge on any atom is -0.318 e. The summed E-state index contributed by atoms with van der Waals surface area (Å²) < 4.78 is 0. The summed E-state index contributed by atoms with van der Waals surface area (Å²) in [4.78, 5) is 0. The second-order valence-electron chi connectivity index (χ2n) is 10.9. The van der Waals surface area contributed by atoms with E-state index in [1.165, 1.54) is 81.8 Å². The molecule has 31 heavy (non-hydrogen) atoms. The molecule has 0 amide bonds. The fraction of sp³-hybridized carbons (Fsp3) is 0.667. The minimum atomic E-state index is -0.0774. The Kier molecular flexibility index (Phi) is 6.82. The third-order valence-electron chi connectivity index (χ3n) is 9.36. The molecule has 4 aliphatic rings. The van der Waals surface area contributed by atoms with Gasteiger partial charge in [0.25, 0.3) is 0 Å². The molecule has 0 aromatic heterocycles. The van der Waals surface area contributed by atoms with Crippen LogP contribution in [0.1, 0.15) is 96.1 Å². The zero-order chi connectivity index (χ0) is 22.1. The zero-order valence-corrected chi connectivity index (χ0v) is 20.6. The summed E-state index contributed by atoms with van der Waals surface area (Å²) in [5, 5.41) is 0. The van der Waals surface area contributed by atoms with Crippen molar-refractivity contribution < 1.29 is 0 Å². The molecule has 0 aliphatic heterocycles. The van der Waals surface area contributed by atoms with Crippen molar-refractivity contribution >= 4 is 0 Å². The van der Waals surface area contributed by atoms with Crippen LogP contribution in [-0.2, 0) is 6.42 Å². The Morgan fingerprint density at radius 2 is 1.81 bits per heavy atom. The quantitative estimate of drug-likeness (QED) is 0.493. The van der Waals surface area contributed by atoms with Crippen LogP contribution in [0.5, 0.6) is 0 Å². The number of hydrogen-bond acceptors (Lipinski definition) is 1. The number of rotatable bonds is 4. The van der Waals surface area contributed by atoms with Crippen molar-refractivity contribution in [3.05, 3.63) is 58.7 Å². The van der Waals surface area contributed by atoms with Gasteiger partial charge >= 0.3 is 0 Å². The third-order valence-corrected chi connectivity index (χ3v) is 9.36. The van der Waals surface area contributed by atoms with Crippen LogP contribution in [0.15, 0.2) is 47.6 Å². The van der Waals surface area contributed by atoms with Gasteiger partial charge in [0.2, 0.25) is 0 Å². The summed E-state index contributed by atoms with van der Waals surface area (Å²) in [6, 6.07) is 9.16. The molecule has 5 rings (SSSR count). The molecule has 0 saturated heterocycles. The molecule has 1 aromatic rings. The molecule has 2 N–H and O–H groups in total. The molecule has 2 fully saturated rings. The molecule has 4 aliphatic carbocycles. The number of benzene rings is 1. The molecular weight excluding hydrogens is 374 g/mol. The first-order valence-corrected chi connectivity index (χ1v) is 13.3. The van der Waals surface area contributed by atoms with Crippen molar-refractivity contribution in [1.82, 2.24) is 0 Å². The van der Waals surface area contributed by atoms with E-state index in [4.69, 9.17) is 5.73 Å². The summed E-state index contributed by atoms with van der Waals surface area (Å²) in [6.45, 7) is 8.80. The van der Waals surface area contributed by atoms with Crippen LogP contribution in [-0.4, -0.2) is 5.54 Å². The Labute approximate surface area is 191 Å². The smallest absolute Gasteiger partial charge is 0.0587 e. The maximum Gasteiger partial charge on any atom is 0.0587 e. The van der Waals surface area contributed by atoms with Crippen LogP contribution in [0.25, 0.3) is 0 Å². The minimum absolute atomic E-state index is 0.0774. The van der Waals surface area contributed by atoms with Gasteiger partial charge < -0.3 is 5.73 Å². The maximum absolute atomic E-state index is 7.10. The van der Waals surface area contributed by atoms with Crippen molar-refractivity contribution in [3.8, 4) is 0 Å². The van der Waals surface area contributed by atoms with Crippen LogP contribution < -0.4 is 5.73 Å². The average Bonchev–Trinajstić information content (AvgIpc) is 3.12. The number of fused-ring (bicyclic) bond motifs is 5. The van der Waals surface area contributed by atoms with Crippen LogP contribution in [0.2, 0.25) is 0 Å². The number of aryl methyl sites for hydroxylation is 2. The lowest BCUT2D eigenvalue weighted by Gasteiger charge is -2.52. The van der Waals surface area contributed by atoms with E-state index in [-0.39, 0.29) is 5.54 Å². The first kappa shape index (κ1) is 22.8. The van der Waals surface area contributed by atoms with Crippen LogP contribution in [0, 0.1) is 30.1 Å². The van der Waals surface area contributed by atoms with Crippen molar-refractivity contribution in [3.63, 3.8) is 0 Å². The lowest BCUT2D eigenvalue weighted by atomic mass is 9.54. The predicted molar refractivity (Wildman–Crippen MR) is 134 cm³/mol. The summed E-state index contributed by atoms with van der Waals surface area (Å²) in [5.41, 5.74) is 13.6. The molecule has 0 radical (unpaired) electrons. The highest BCUT2D eigenvalue weighted by Gasteiger charge is 2.54. The Bertz CT molecular complexity index is 815. The monoisotopic (exact) mass is 419 g/mol. The summed E-state index contributed by atoms with van der Waals surface area (Å²) in [5.74, 6) is 2.47. The standard InChI is InChI=1S/C28H39N.C2H6/c1-20-9-11-21(12-10-20)6-5-8-22-14-16-25-24-15-13-23-7-3-4-18-28(23,29)26(24)17-19-27(22,25)2;1-2/h9-13,17,22,24-25H,3-8,14-16,18-19,29H2,1-2H3;1-2H3. The number of allylic oxidation sites excluding steroid dienone is 2. The Hall–Kier alpha value is -1.34. The molecule has 0 heterocycles. The van der Waals surface area contributed by atoms with Gasteiger partial charge in [-0.25, -0.2) is 0 Å². The molecule has 1 heteroatoms. The van der Waals surface area contributed by atoms with E-state index in [2.05, 4.69) is 50.3 Å². The van der Waals surface area contributed by atoms with Crippen LogP contribution >= 0.6 is 0 Å². The molecule has 170 valence electrons. The van der Waals surface area contributed by atoms with Gasteiger partial charge in [0.15, 0.2) is 0 Å². The van der Waals surface area contributed by atoms with E-state index < -0.39 is 0 Å². The van der Waals surface area contributed by atoms with E-state index >= 15 is 0 Å². The lowest BCUT2D eigenvalue weighted by Crippen LogP contribution is -2.53. The van der Waals surface area contributed by atoms with E-state index in [0.717, 1.165) is 17.8 Å². The summed E-state index contributed by atoms with van der Waals surface area (Å²) >= 11 is 0. The highest BCUT2D eigenvalue weighted by atomic mass is 14.8. The fourth-order valence-electron chi connectivity index (χ4n) is 7.59. The molecule has 5 atom stereocenters. The highest BCUT2D eigenvalue weighted by molar-refractivity contribution is 5.43. The molecule has 1 nitrogen and oxygen atoms in total. The van der Waals surface area contributed by atoms with E-state index in [0.29, 0.717) is 5.41 Å². The largest absolute Gasteiger partial charge is 0.318 e. The third kappa shape index (κ3) is 4.08. The Balaban J connectivity index is 0.00000112. The van der Waals surface area contributed by atoms with Gasteiger partial charge in [0.1, 0.15) is 0 Å². The number of nitrogens with two attached hydrogens (primary N) is 1. The molecule has 2 saturated carbocycles. The van der Waals surface area contributed by atoms with Crippen molar-refractivity contribution in [1.29, 1.82) is 0 Å². The van der Waals surface area contributed by atoms with Gasteiger partial charge in [0.05, 0.1) is 5.54 Å². The summed E-state index contributed by atoms with van der Waals surface area (Å²) in [6.07, 6.45) is 19.6. The zero-order valence-electron chi connectivity index (χ0n) is 20.6. The molecular formula is C30H45N. The maximum atomic E-state index is 7.10. The molecule has 0 bridgehead atoms. The fourth-order valence-corrected chi connectivity index (χ4v) is 7.59. The highest BCUT2D eigenvalue weighted by Crippen LogP contribution is 2.62. The van der Waals surface area contributed by atoms with Gasteiger partial charge in [-0.2, -0.15) is 0 Å². The Morgan fingerprint density at radius 3 is 2.58 bits per heavy atom. The first-order valence-electron chi connectivity index (χ1n) is 13.3. The second kappa shape index (κ2) is 9.26. The van der Waals surface area contributed by atoms with Gasteiger partial charge in [-0.15, -0.1) is 0 Å². The SMILES string of the molecule is CC.Cc1ccc(CCCC2CCC3C4CC=C5CCCCC5(N)C4=CCC23C)cc1. The van der Waals surface area contributed by atoms with Crippen molar-refractivity contribution in [2.45, 2.75) is 104 Å². The van der Waals surface area contributed by atoms with Gasteiger partial charge in [0, 0.05) is 0 Å². The van der Waals surface area contributed by atoms with Gasteiger partial charge in [-0.3, -0.25) is 0 Å². The first-order chi connectivity index (χ1) is 15.0. The molecule has 5 unspecified atom stereocenters. The van der Waals surface area contributed by atoms with E-state index in [1.54, 1.807) is 11.1 Å². The lowest BCUT2D eigenvalue weighted by molar-refractivity contribution is 0.0944. The Morgan fingerprint density at radius 1 is 1.03 bits per heavy atom.